The van der Waals surface area contributed by atoms with Gasteiger partial charge in [-0.2, -0.15) is 0 Å². The van der Waals surface area contributed by atoms with Crippen LogP contribution in [0.5, 0.6) is 0 Å². The van der Waals surface area contributed by atoms with E-state index in [0.29, 0.717) is 12.3 Å². The largest absolute Gasteiger partial charge is 0.464 e. The molecule has 0 aliphatic heterocycles. The van der Waals surface area contributed by atoms with E-state index in [9.17, 15) is 9.18 Å². The SMILES string of the molecule is CCNc1c(F)cccc1C(=O)NC(C)c1ccc(C)o1. The lowest BCUT2D eigenvalue weighted by atomic mass is 10.1. The predicted molar refractivity (Wildman–Crippen MR) is 79.9 cm³/mol. The third kappa shape index (κ3) is 3.42. The fourth-order valence-corrected chi connectivity index (χ4v) is 2.10. The van der Waals surface area contributed by atoms with Gasteiger partial charge in [0.25, 0.3) is 5.91 Å². The summed E-state index contributed by atoms with van der Waals surface area (Å²) in [6, 6.07) is 7.81. The molecular weight excluding hydrogens is 271 g/mol. The Morgan fingerprint density at radius 2 is 2.10 bits per heavy atom. The van der Waals surface area contributed by atoms with Crippen molar-refractivity contribution in [2.45, 2.75) is 26.8 Å². The Morgan fingerprint density at radius 1 is 1.33 bits per heavy atom. The lowest BCUT2D eigenvalue weighted by molar-refractivity contribution is 0.0935. The summed E-state index contributed by atoms with van der Waals surface area (Å²) in [6.07, 6.45) is 0. The zero-order chi connectivity index (χ0) is 15.4. The van der Waals surface area contributed by atoms with E-state index in [-0.39, 0.29) is 23.2 Å². The summed E-state index contributed by atoms with van der Waals surface area (Å²) >= 11 is 0. The van der Waals surface area contributed by atoms with Gasteiger partial charge in [0.05, 0.1) is 17.3 Å². The van der Waals surface area contributed by atoms with E-state index in [1.165, 1.54) is 12.1 Å². The first kappa shape index (κ1) is 15.1. The average Bonchev–Trinajstić information content (AvgIpc) is 2.88. The van der Waals surface area contributed by atoms with Crippen molar-refractivity contribution in [1.29, 1.82) is 0 Å². The molecule has 1 unspecified atom stereocenters. The molecule has 5 heteroatoms. The first-order valence-corrected chi connectivity index (χ1v) is 6.92. The highest BCUT2D eigenvalue weighted by Gasteiger charge is 2.18. The van der Waals surface area contributed by atoms with E-state index >= 15 is 0 Å². The van der Waals surface area contributed by atoms with Crippen molar-refractivity contribution >= 4 is 11.6 Å². The average molecular weight is 290 g/mol. The molecule has 0 aliphatic carbocycles. The summed E-state index contributed by atoms with van der Waals surface area (Å²) in [5, 5.41) is 5.70. The number of aryl methyl sites for hydroxylation is 1. The van der Waals surface area contributed by atoms with Crippen LogP contribution in [-0.2, 0) is 0 Å². The van der Waals surface area contributed by atoms with Crippen LogP contribution in [0.3, 0.4) is 0 Å². The second-order valence-electron chi connectivity index (χ2n) is 4.84. The molecule has 0 radical (unpaired) electrons. The Kier molecular flexibility index (Phi) is 4.62. The van der Waals surface area contributed by atoms with Crippen LogP contribution in [-0.4, -0.2) is 12.5 Å². The fourth-order valence-electron chi connectivity index (χ4n) is 2.10. The molecule has 112 valence electrons. The maximum absolute atomic E-state index is 13.8. The predicted octanol–water partition coefficient (Wildman–Crippen LogP) is 3.65. The van der Waals surface area contributed by atoms with Crippen LogP contribution >= 0.6 is 0 Å². The topological polar surface area (TPSA) is 54.3 Å². The minimum atomic E-state index is -0.439. The zero-order valence-corrected chi connectivity index (χ0v) is 12.4. The highest BCUT2D eigenvalue weighted by atomic mass is 19.1. The van der Waals surface area contributed by atoms with Crippen molar-refractivity contribution in [3.05, 3.63) is 53.2 Å². The maximum Gasteiger partial charge on any atom is 0.254 e. The Balaban J connectivity index is 2.18. The molecule has 1 aromatic carbocycles. The van der Waals surface area contributed by atoms with E-state index in [1.54, 1.807) is 6.07 Å². The molecule has 1 atom stereocenters. The van der Waals surface area contributed by atoms with E-state index in [4.69, 9.17) is 4.42 Å². The van der Waals surface area contributed by atoms with Crippen LogP contribution in [0.2, 0.25) is 0 Å². The first-order chi connectivity index (χ1) is 10.0. The van der Waals surface area contributed by atoms with Crippen LogP contribution in [0.25, 0.3) is 0 Å². The van der Waals surface area contributed by atoms with Gasteiger partial charge in [0.15, 0.2) is 0 Å². The molecule has 1 aromatic heterocycles. The van der Waals surface area contributed by atoms with Crippen molar-refractivity contribution in [3.63, 3.8) is 0 Å². The summed E-state index contributed by atoms with van der Waals surface area (Å²) in [7, 11) is 0. The molecule has 1 heterocycles. The highest BCUT2D eigenvalue weighted by Crippen LogP contribution is 2.21. The van der Waals surface area contributed by atoms with Crippen LogP contribution in [0.4, 0.5) is 10.1 Å². The fraction of sp³-hybridized carbons (Fsp3) is 0.312. The summed E-state index contributed by atoms with van der Waals surface area (Å²) < 4.78 is 19.3. The van der Waals surface area contributed by atoms with Crippen LogP contribution in [0.1, 0.15) is 41.8 Å². The number of carbonyl (C=O) groups is 1. The van der Waals surface area contributed by atoms with Gasteiger partial charge in [0, 0.05) is 6.54 Å². The van der Waals surface area contributed by atoms with Crippen LogP contribution in [0, 0.1) is 12.7 Å². The maximum atomic E-state index is 13.8. The van der Waals surface area contributed by atoms with Gasteiger partial charge in [-0.05, 0) is 45.0 Å². The number of rotatable bonds is 5. The highest BCUT2D eigenvalue weighted by molar-refractivity contribution is 5.99. The normalized spacial score (nSPS) is 12.0. The molecule has 1 amide bonds. The molecule has 2 N–H and O–H groups in total. The lowest BCUT2D eigenvalue weighted by Crippen LogP contribution is -2.27. The second-order valence-corrected chi connectivity index (χ2v) is 4.84. The number of anilines is 1. The van der Waals surface area contributed by atoms with Crippen molar-refractivity contribution in [3.8, 4) is 0 Å². The minimum absolute atomic E-state index is 0.223. The van der Waals surface area contributed by atoms with Crippen molar-refractivity contribution in [2.75, 3.05) is 11.9 Å². The van der Waals surface area contributed by atoms with Gasteiger partial charge < -0.3 is 15.1 Å². The number of halogens is 1. The van der Waals surface area contributed by atoms with E-state index in [2.05, 4.69) is 10.6 Å². The number of amides is 1. The number of nitrogens with one attached hydrogen (secondary N) is 2. The summed E-state index contributed by atoms with van der Waals surface area (Å²) in [5.41, 5.74) is 0.507. The number of benzene rings is 1. The smallest absolute Gasteiger partial charge is 0.254 e. The molecule has 0 bridgehead atoms. The monoisotopic (exact) mass is 290 g/mol. The molecule has 0 aliphatic rings. The molecule has 4 nitrogen and oxygen atoms in total. The molecule has 0 saturated carbocycles. The zero-order valence-electron chi connectivity index (χ0n) is 12.4. The van der Waals surface area contributed by atoms with Crippen molar-refractivity contribution < 1.29 is 13.6 Å². The number of furan rings is 1. The van der Waals surface area contributed by atoms with Gasteiger partial charge in [-0.1, -0.05) is 6.07 Å². The molecule has 0 fully saturated rings. The Morgan fingerprint density at radius 3 is 2.71 bits per heavy atom. The van der Waals surface area contributed by atoms with Crippen LogP contribution < -0.4 is 10.6 Å². The van der Waals surface area contributed by atoms with Gasteiger partial charge in [0.2, 0.25) is 0 Å². The number of hydrogen-bond donors (Lipinski definition) is 2. The molecule has 2 aromatic rings. The second kappa shape index (κ2) is 6.43. The summed E-state index contributed by atoms with van der Waals surface area (Å²) in [6.45, 7) is 6.05. The van der Waals surface area contributed by atoms with Crippen molar-refractivity contribution in [2.24, 2.45) is 0 Å². The lowest BCUT2D eigenvalue weighted by Gasteiger charge is -2.15. The molecule has 21 heavy (non-hydrogen) atoms. The quantitative estimate of drug-likeness (QED) is 0.883. The number of hydrogen-bond acceptors (Lipinski definition) is 3. The van der Waals surface area contributed by atoms with E-state index < -0.39 is 5.82 Å². The van der Waals surface area contributed by atoms with Crippen molar-refractivity contribution in [1.82, 2.24) is 5.32 Å². The Bertz CT molecular complexity index is 637. The Hall–Kier alpha value is -2.30. The van der Waals surface area contributed by atoms with Gasteiger partial charge in [0.1, 0.15) is 17.3 Å². The standard InChI is InChI=1S/C16H19FN2O2/c1-4-18-15-12(6-5-7-13(15)17)16(20)19-11(3)14-9-8-10(2)21-14/h5-9,11,18H,4H2,1-3H3,(H,19,20). The van der Waals surface area contributed by atoms with Gasteiger partial charge in [-0.15, -0.1) is 0 Å². The van der Waals surface area contributed by atoms with Gasteiger partial charge in [-0.25, -0.2) is 4.39 Å². The minimum Gasteiger partial charge on any atom is -0.464 e. The third-order valence-corrected chi connectivity index (χ3v) is 3.15. The molecule has 0 spiro atoms. The Labute approximate surface area is 123 Å². The summed E-state index contributed by atoms with van der Waals surface area (Å²) in [5.74, 6) is 0.672. The van der Waals surface area contributed by atoms with E-state index in [0.717, 1.165) is 5.76 Å². The molecular formula is C16H19FN2O2. The number of carbonyl (C=O) groups excluding carboxylic acids is 1. The van der Waals surface area contributed by atoms with Crippen LogP contribution in [0.15, 0.2) is 34.7 Å². The molecule has 0 saturated heterocycles. The third-order valence-electron chi connectivity index (χ3n) is 3.15. The van der Waals surface area contributed by atoms with Gasteiger partial charge in [-0.3, -0.25) is 4.79 Å². The summed E-state index contributed by atoms with van der Waals surface area (Å²) in [4.78, 5) is 12.3. The number of para-hydroxylation sites is 1. The molecule has 2 rings (SSSR count). The first-order valence-electron chi connectivity index (χ1n) is 6.92. The van der Waals surface area contributed by atoms with E-state index in [1.807, 2.05) is 32.9 Å². The van der Waals surface area contributed by atoms with Gasteiger partial charge >= 0.3 is 0 Å².